The van der Waals surface area contributed by atoms with Crippen molar-refractivity contribution in [1.29, 1.82) is 0 Å². The second kappa shape index (κ2) is 7.15. The van der Waals surface area contributed by atoms with E-state index in [9.17, 15) is 4.39 Å². The predicted molar refractivity (Wildman–Crippen MR) is 104 cm³/mol. The van der Waals surface area contributed by atoms with E-state index in [1.54, 1.807) is 24.5 Å². The molecule has 2 aromatic heterocycles. The summed E-state index contributed by atoms with van der Waals surface area (Å²) >= 11 is 0. The predicted octanol–water partition coefficient (Wildman–Crippen LogP) is 3.51. The fourth-order valence-corrected chi connectivity index (χ4v) is 3.20. The first kappa shape index (κ1) is 17.1. The molecule has 0 fully saturated rings. The molecule has 3 heterocycles. The lowest BCUT2D eigenvalue weighted by atomic mass is 9.96. The normalized spacial score (nSPS) is 18.7. The summed E-state index contributed by atoms with van der Waals surface area (Å²) in [5.74, 6) is 0.486. The van der Waals surface area contributed by atoms with Gasteiger partial charge in [-0.2, -0.15) is 0 Å². The van der Waals surface area contributed by atoms with E-state index in [1.807, 2.05) is 43.5 Å². The van der Waals surface area contributed by atoms with E-state index in [4.69, 9.17) is 4.99 Å². The second-order valence-corrected chi connectivity index (χ2v) is 6.70. The van der Waals surface area contributed by atoms with Crippen LogP contribution in [0, 0.1) is 5.82 Å². The molecule has 4 rings (SSSR count). The zero-order chi connectivity index (χ0) is 18.8. The van der Waals surface area contributed by atoms with Crippen LogP contribution in [-0.4, -0.2) is 29.9 Å². The molecule has 1 aliphatic rings. The molecule has 3 aromatic rings. The zero-order valence-electron chi connectivity index (χ0n) is 15.2. The molecule has 1 aromatic carbocycles. The Hall–Kier alpha value is -3.28. The van der Waals surface area contributed by atoms with E-state index >= 15 is 0 Å². The Balaban J connectivity index is 1.76. The molecular weight excluding hydrogens is 341 g/mol. The van der Waals surface area contributed by atoms with Gasteiger partial charge in [0.15, 0.2) is 0 Å². The molecule has 136 valence electrons. The summed E-state index contributed by atoms with van der Waals surface area (Å²) in [6, 6.07) is 12.2. The minimum absolute atomic E-state index is 0.0488. The third kappa shape index (κ3) is 3.51. The summed E-state index contributed by atoms with van der Waals surface area (Å²) in [4.78, 5) is 15.4. The van der Waals surface area contributed by atoms with Crippen molar-refractivity contribution < 1.29 is 4.39 Å². The lowest BCUT2D eigenvalue weighted by Crippen LogP contribution is -2.25. The molecule has 2 atom stereocenters. The molecule has 0 spiro atoms. The summed E-state index contributed by atoms with van der Waals surface area (Å²) in [5.41, 5.74) is 3.99. The number of hydrogen-bond donors (Lipinski definition) is 1. The Morgan fingerprint density at radius 3 is 2.37 bits per heavy atom. The van der Waals surface area contributed by atoms with Gasteiger partial charge in [-0.15, -0.1) is 0 Å². The van der Waals surface area contributed by atoms with E-state index in [0.29, 0.717) is 0 Å². The van der Waals surface area contributed by atoms with Crippen LogP contribution in [0.15, 0.2) is 72.2 Å². The smallest absolute Gasteiger partial charge is 0.129 e. The number of aliphatic imine (C=N–C) groups is 1. The maximum absolute atomic E-state index is 13.3. The molecule has 0 saturated carbocycles. The van der Waals surface area contributed by atoms with E-state index in [1.165, 1.54) is 12.1 Å². The van der Waals surface area contributed by atoms with Crippen molar-refractivity contribution in [2.24, 2.45) is 4.99 Å². The van der Waals surface area contributed by atoms with Crippen molar-refractivity contribution in [3.8, 4) is 0 Å². The number of pyridine rings is 2. The quantitative estimate of drug-likeness (QED) is 0.773. The van der Waals surface area contributed by atoms with Crippen LogP contribution < -0.4 is 10.2 Å². The molecule has 0 saturated heterocycles. The van der Waals surface area contributed by atoms with E-state index in [-0.39, 0.29) is 17.9 Å². The van der Waals surface area contributed by atoms with Crippen molar-refractivity contribution in [3.05, 3.63) is 89.8 Å². The summed E-state index contributed by atoms with van der Waals surface area (Å²) in [7, 11) is 3.97. The van der Waals surface area contributed by atoms with Crippen LogP contribution in [0.5, 0.6) is 0 Å². The lowest BCUT2D eigenvalue weighted by Gasteiger charge is -2.20. The van der Waals surface area contributed by atoms with Gasteiger partial charge in [-0.25, -0.2) is 4.39 Å². The van der Waals surface area contributed by atoms with Crippen LogP contribution in [0.4, 0.5) is 10.1 Å². The van der Waals surface area contributed by atoms with Crippen LogP contribution in [-0.2, 0) is 0 Å². The first-order valence-electron chi connectivity index (χ1n) is 8.74. The van der Waals surface area contributed by atoms with Crippen molar-refractivity contribution in [2.75, 3.05) is 19.0 Å². The molecule has 1 aliphatic heterocycles. The molecule has 1 N–H and O–H groups in total. The molecule has 5 nitrogen and oxygen atoms in total. The lowest BCUT2D eigenvalue weighted by molar-refractivity contribution is 0.570. The van der Waals surface area contributed by atoms with Crippen LogP contribution in [0.2, 0.25) is 0 Å². The third-order valence-corrected chi connectivity index (χ3v) is 4.66. The highest BCUT2D eigenvalue weighted by molar-refractivity contribution is 6.00. The number of nitrogens with one attached hydrogen (secondary N) is 1. The number of hydrogen-bond acceptors (Lipinski definition) is 5. The topological polar surface area (TPSA) is 53.4 Å². The molecule has 0 bridgehead atoms. The maximum Gasteiger partial charge on any atom is 0.129 e. The van der Waals surface area contributed by atoms with E-state index < -0.39 is 0 Å². The van der Waals surface area contributed by atoms with Crippen LogP contribution in [0.1, 0.15) is 28.8 Å². The first-order chi connectivity index (χ1) is 13.1. The number of nitrogens with zero attached hydrogens (tertiary/aromatic N) is 4. The van der Waals surface area contributed by atoms with Gasteiger partial charge in [0, 0.05) is 38.2 Å². The Labute approximate surface area is 157 Å². The Morgan fingerprint density at radius 1 is 0.926 bits per heavy atom. The number of anilines is 1. The van der Waals surface area contributed by atoms with Gasteiger partial charge in [-0.3, -0.25) is 15.0 Å². The Kier molecular flexibility index (Phi) is 4.54. The maximum atomic E-state index is 13.3. The van der Waals surface area contributed by atoms with Gasteiger partial charge < -0.3 is 10.2 Å². The third-order valence-electron chi connectivity index (χ3n) is 4.66. The largest absolute Gasteiger partial charge is 0.376 e. The highest BCUT2D eigenvalue weighted by atomic mass is 19.1. The average Bonchev–Trinajstić information content (AvgIpc) is 3.15. The van der Waals surface area contributed by atoms with Gasteiger partial charge in [-0.1, -0.05) is 0 Å². The molecule has 0 amide bonds. The Morgan fingerprint density at radius 2 is 1.67 bits per heavy atom. The fraction of sp³-hybridized carbons (Fsp3) is 0.190. The minimum Gasteiger partial charge on any atom is -0.376 e. The number of amidine groups is 1. The number of halogens is 1. The molecular formula is C21H20FN5. The molecule has 0 radical (unpaired) electrons. The minimum atomic E-state index is -0.262. The highest BCUT2D eigenvalue weighted by Crippen LogP contribution is 2.37. The zero-order valence-corrected chi connectivity index (χ0v) is 15.2. The van der Waals surface area contributed by atoms with Crippen molar-refractivity contribution >= 4 is 11.5 Å². The summed E-state index contributed by atoms with van der Waals surface area (Å²) in [6.07, 6.45) is 7.24. The van der Waals surface area contributed by atoms with Gasteiger partial charge in [0.05, 0.1) is 17.9 Å². The molecule has 27 heavy (non-hydrogen) atoms. The van der Waals surface area contributed by atoms with Crippen LogP contribution in [0.3, 0.4) is 0 Å². The van der Waals surface area contributed by atoms with Gasteiger partial charge in [0.1, 0.15) is 17.7 Å². The van der Waals surface area contributed by atoms with Crippen molar-refractivity contribution in [2.45, 2.75) is 12.1 Å². The van der Waals surface area contributed by atoms with Crippen LogP contribution in [0.25, 0.3) is 0 Å². The van der Waals surface area contributed by atoms with E-state index in [2.05, 4.69) is 21.4 Å². The molecule has 2 unspecified atom stereocenters. The van der Waals surface area contributed by atoms with Gasteiger partial charge in [-0.05, 0) is 53.6 Å². The number of aromatic nitrogens is 2. The fourth-order valence-electron chi connectivity index (χ4n) is 3.20. The van der Waals surface area contributed by atoms with Gasteiger partial charge >= 0.3 is 0 Å². The first-order valence-corrected chi connectivity index (χ1v) is 8.74. The average molecular weight is 361 g/mol. The van der Waals surface area contributed by atoms with Gasteiger partial charge in [0.2, 0.25) is 0 Å². The summed E-state index contributed by atoms with van der Waals surface area (Å²) in [5, 5.41) is 3.50. The van der Waals surface area contributed by atoms with Gasteiger partial charge in [0.25, 0.3) is 0 Å². The Bertz CT molecular complexity index is 954. The van der Waals surface area contributed by atoms with Crippen LogP contribution >= 0.6 is 0 Å². The van der Waals surface area contributed by atoms with Crippen molar-refractivity contribution in [3.63, 3.8) is 0 Å². The second-order valence-electron chi connectivity index (χ2n) is 6.70. The SMILES string of the molecule is CN(C)c1cncc(C2N=C(c3ccc(F)cc3)NC2c2ccncc2)c1. The van der Waals surface area contributed by atoms with E-state index in [0.717, 1.165) is 28.2 Å². The molecule has 0 aliphatic carbocycles. The number of rotatable bonds is 4. The number of benzene rings is 1. The van der Waals surface area contributed by atoms with Crippen molar-refractivity contribution in [1.82, 2.24) is 15.3 Å². The summed E-state index contributed by atoms with van der Waals surface area (Å²) in [6.45, 7) is 0. The monoisotopic (exact) mass is 361 g/mol. The highest BCUT2D eigenvalue weighted by Gasteiger charge is 2.32. The summed E-state index contributed by atoms with van der Waals surface area (Å²) < 4.78 is 13.3. The standard InChI is InChI=1S/C21H20FN5/c1-27(2)18-11-16(12-24-13-18)20-19(14-7-9-23-10-8-14)25-21(26-20)15-3-5-17(22)6-4-15/h3-13,19-20H,1-2H3,(H,25,26). The molecule has 6 heteroatoms.